The first-order valence-corrected chi connectivity index (χ1v) is 13.3. The highest BCUT2D eigenvalue weighted by atomic mass is 19.1. The minimum absolute atomic E-state index is 0.194. The van der Waals surface area contributed by atoms with Crippen LogP contribution in [-0.2, 0) is 17.7 Å². The number of allylic oxidation sites excluding steroid dienone is 4. The molecule has 2 atom stereocenters. The molecule has 2 aromatic rings. The summed E-state index contributed by atoms with van der Waals surface area (Å²) in [5, 5.41) is 14.0. The topological polar surface area (TPSA) is 62.0 Å². The summed E-state index contributed by atoms with van der Waals surface area (Å²) >= 11 is 0. The maximum Gasteiger partial charge on any atom is 0.152 e. The van der Waals surface area contributed by atoms with Crippen LogP contribution >= 0.6 is 0 Å². The third-order valence-corrected chi connectivity index (χ3v) is 6.95. The summed E-state index contributed by atoms with van der Waals surface area (Å²) in [5.74, 6) is 3.40. The van der Waals surface area contributed by atoms with Gasteiger partial charge in [0.05, 0.1) is 11.4 Å². The van der Waals surface area contributed by atoms with E-state index in [-0.39, 0.29) is 5.82 Å². The minimum atomic E-state index is -0.194. The lowest BCUT2D eigenvalue weighted by Crippen LogP contribution is -2.11. The Morgan fingerprint density at radius 2 is 2.09 bits per heavy atom. The van der Waals surface area contributed by atoms with Crippen LogP contribution in [0.15, 0.2) is 41.9 Å². The fourth-order valence-electron chi connectivity index (χ4n) is 4.98. The molecule has 192 valence electrons. The number of unbranched alkanes of at least 4 members (excludes halogenated alkanes) is 1. The normalized spacial score (nSPS) is 18.8. The molecule has 0 saturated heterocycles. The molecule has 1 saturated carbocycles. The monoisotopic (exact) mass is 482 g/mol. The van der Waals surface area contributed by atoms with Crippen LogP contribution in [0.2, 0.25) is 0 Å². The fraction of sp³-hybridized carbons (Fsp3) is 0.552. The van der Waals surface area contributed by atoms with Crippen LogP contribution in [0.4, 0.5) is 15.9 Å². The van der Waals surface area contributed by atoms with Crippen molar-refractivity contribution in [2.45, 2.75) is 91.5 Å². The number of aryl methyl sites for hydroxylation is 1. The Bertz CT molecular complexity index is 1010. The van der Waals surface area contributed by atoms with Crippen LogP contribution in [0, 0.1) is 11.7 Å². The molecule has 5 nitrogen and oxygen atoms in total. The van der Waals surface area contributed by atoms with E-state index in [0.717, 1.165) is 79.7 Å². The van der Waals surface area contributed by atoms with Crippen molar-refractivity contribution >= 4 is 11.5 Å². The van der Waals surface area contributed by atoms with Crippen LogP contribution in [0.5, 0.6) is 0 Å². The quantitative estimate of drug-likeness (QED) is 0.254. The lowest BCUT2D eigenvalue weighted by Gasteiger charge is -2.18. The Balaban J connectivity index is 1.70. The zero-order valence-corrected chi connectivity index (χ0v) is 22.1. The van der Waals surface area contributed by atoms with Gasteiger partial charge in [-0.2, -0.15) is 5.10 Å². The number of nitrogens with one attached hydrogen (secondary N) is 3. The average molecular weight is 483 g/mol. The largest absolute Gasteiger partial charge is 0.466 e. The number of ether oxygens (including phenoxy) is 1. The average Bonchev–Trinajstić information content (AvgIpc) is 3.53. The maximum atomic E-state index is 15.4. The van der Waals surface area contributed by atoms with E-state index in [4.69, 9.17) is 4.74 Å². The molecule has 6 heteroatoms. The van der Waals surface area contributed by atoms with Crippen molar-refractivity contribution in [2.75, 3.05) is 12.4 Å². The molecule has 35 heavy (non-hydrogen) atoms. The Hall–Kier alpha value is -2.60. The first-order valence-electron chi connectivity index (χ1n) is 13.3. The van der Waals surface area contributed by atoms with E-state index in [1.54, 1.807) is 0 Å². The molecule has 1 heterocycles. The number of aromatic amines is 1. The molecule has 3 rings (SSSR count). The minimum Gasteiger partial charge on any atom is -0.466 e. The molecular weight excluding hydrogens is 439 g/mol. The smallest absolute Gasteiger partial charge is 0.152 e. The summed E-state index contributed by atoms with van der Waals surface area (Å²) in [5.41, 5.74) is 3.38. The third-order valence-electron chi connectivity index (χ3n) is 6.95. The molecule has 1 aliphatic rings. The first-order chi connectivity index (χ1) is 17.0. The third kappa shape index (κ3) is 6.97. The van der Waals surface area contributed by atoms with Crippen molar-refractivity contribution < 1.29 is 9.13 Å². The van der Waals surface area contributed by atoms with Crippen LogP contribution in [0.1, 0.15) is 95.4 Å². The maximum absolute atomic E-state index is 15.4. The van der Waals surface area contributed by atoms with Gasteiger partial charge in [-0.15, -0.1) is 0 Å². The summed E-state index contributed by atoms with van der Waals surface area (Å²) in [6.45, 7) is 8.98. The van der Waals surface area contributed by atoms with Gasteiger partial charge in [0.15, 0.2) is 11.6 Å². The number of nitrogens with zero attached hydrogens (tertiary/aromatic N) is 1. The number of H-pyrrole nitrogens is 1. The molecule has 1 aromatic carbocycles. The van der Waals surface area contributed by atoms with Crippen molar-refractivity contribution in [3.8, 4) is 0 Å². The Morgan fingerprint density at radius 1 is 1.26 bits per heavy atom. The number of rotatable bonds is 13. The zero-order valence-electron chi connectivity index (χ0n) is 22.1. The van der Waals surface area contributed by atoms with Gasteiger partial charge in [0.1, 0.15) is 5.76 Å². The number of benzene rings is 1. The molecule has 3 N–H and O–H groups in total. The molecule has 0 spiro atoms. The van der Waals surface area contributed by atoms with Gasteiger partial charge in [0.2, 0.25) is 0 Å². The van der Waals surface area contributed by atoms with E-state index in [1.807, 2.05) is 32.2 Å². The van der Waals surface area contributed by atoms with Crippen molar-refractivity contribution in [3.63, 3.8) is 0 Å². The van der Waals surface area contributed by atoms with Crippen molar-refractivity contribution in [1.29, 1.82) is 0 Å². The summed E-state index contributed by atoms with van der Waals surface area (Å²) in [6.07, 6.45) is 12.4. The van der Waals surface area contributed by atoms with E-state index in [2.05, 4.69) is 53.8 Å². The highest BCUT2D eigenvalue weighted by Gasteiger charge is 2.31. The predicted octanol–water partition coefficient (Wildman–Crippen LogP) is 7.86. The van der Waals surface area contributed by atoms with Gasteiger partial charge < -0.3 is 15.4 Å². The molecule has 0 radical (unpaired) electrons. The van der Waals surface area contributed by atoms with E-state index < -0.39 is 0 Å². The van der Waals surface area contributed by atoms with Gasteiger partial charge in [0.25, 0.3) is 0 Å². The molecule has 0 bridgehead atoms. The zero-order chi connectivity index (χ0) is 25.2. The number of halogens is 1. The summed E-state index contributed by atoms with van der Waals surface area (Å²) in [6, 6.07) is 5.91. The predicted molar refractivity (Wildman–Crippen MR) is 143 cm³/mol. The van der Waals surface area contributed by atoms with Gasteiger partial charge in [0, 0.05) is 42.1 Å². The van der Waals surface area contributed by atoms with E-state index in [9.17, 15) is 0 Å². The molecule has 0 amide bonds. The van der Waals surface area contributed by atoms with Gasteiger partial charge in [-0.05, 0) is 76.3 Å². The number of aromatic nitrogens is 2. The lowest BCUT2D eigenvalue weighted by atomic mass is 9.99. The Morgan fingerprint density at radius 3 is 2.77 bits per heavy atom. The highest BCUT2D eigenvalue weighted by molar-refractivity contribution is 5.59. The molecule has 1 aliphatic carbocycles. The Kier molecular flexibility index (Phi) is 10.4. The van der Waals surface area contributed by atoms with Crippen molar-refractivity contribution in [2.24, 2.45) is 5.92 Å². The second-order valence-corrected chi connectivity index (χ2v) is 9.46. The standard InChI is InChI=1S/C29H43FN4O/c1-6-10-12-20-15-16-25(29(30)24(20)19-31-5)32-28-18-26(33-34-28)21-13-14-22(17-21)27(11-7-2)35-23(8-3)9-4/h8,11,15-16,18,21-22,31H,6-7,9-10,12-14,17,19H2,1-5H3,(H2,32,33,34)/b23-8-,27-11+. The fourth-order valence-corrected chi connectivity index (χ4v) is 4.98. The molecule has 0 aliphatic heterocycles. The van der Waals surface area contributed by atoms with Crippen molar-refractivity contribution in [3.05, 3.63) is 64.5 Å². The molecular formula is C29H43FN4O. The van der Waals surface area contributed by atoms with Gasteiger partial charge in [-0.1, -0.05) is 33.3 Å². The molecule has 2 unspecified atom stereocenters. The van der Waals surface area contributed by atoms with Crippen LogP contribution in [0.3, 0.4) is 0 Å². The van der Waals surface area contributed by atoms with Crippen molar-refractivity contribution in [1.82, 2.24) is 15.5 Å². The van der Waals surface area contributed by atoms with Crippen LogP contribution in [0.25, 0.3) is 0 Å². The highest BCUT2D eigenvalue weighted by Crippen LogP contribution is 2.42. The lowest BCUT2D eigenvalue weighted by molar-refractivity contribution is 0.243. The van der Waals surface area contributed by atoms with E-state index in [1.165, 1.54) is 0 Å². The van der Waals surface area contributed by atoms with Gasteiger partial charge in [-0.25, -0.2) is 4.39 Å². The molecule has 1 aromatic heterocycles. The summed E-state index contributed by atoms with van der Waals surface area (Å²) in [4.78, 5) is 0. The number of anilines is 2. The summed E-state index contributed by atoms with van der Waals surface area (Å²) in [7, 11) is 1.85. The van der Waals surface area contributed by atoms with Crippen LogP contribution in [-0.4, -0.2) is 17.2 Å². The van der Waals surface area contributed by atoms with Crippen LogP contribution < -0.4 is 10.6 Å². The second kappa shape index (κ2) is 13.5. The van der Waals surface area contributed by atoms with E-state index in [0.29, 0.717) is 29.9 Å². The molecule has 1 fully saturated rings. The SMILES string of the molecule is C/C=C(/CC)O/C(=C/CC)C1CCC(c2cc(Nc3ccc(CCCC)c(CNC)c3F)n[nH]2)C1. The van der Waals surface area contributed by atoms with Gasteiger partial charge >= 0.3 is 0 Å². The Labute approximate surface area is 210 Å². The second-order valence-electron chi connectivity index (χ2n) is 9.46. The van der Waals surface area contributed by atoms with Gasteiger partial charge in [-0.3, -0.25) is 5.10 Å². The number of hydrogen-bond donors (Lipinski definition) is 3. The van der Waals surface area contributed by atoms with E-state index >= 15 is 4.39 Å². The first kappa shape index (κ1) is 27.0. The summed E-state index contributed by atoms with van der Waals surface area (Å²) < 4.78 is 21.6. The number of hydrogen-bond acceptors (Lipinski definition) is 4.